The van der Waals surface area contributed by atoms with E-state index in [4.69, 9.17) is 9.47 Å². The average molecular weight is 292 g/mol. The summed E-state index contributed by atoms with van der Waals surface area (Å²) >= 11 is 0. The minimum absolute atomic E-state index is 0.0572. The van der Waals surface area contributed by atoms with E-state index in [0.717, 1.165) is 32.1 Å². The number of fused-ring (bicyclic) bond motifs is 1. The number of ether oxygens (including phenoxy) is 2. The van der Waals surface area contributed by atoms with E-state index in [2.05, 4.69) is 13.8 Å². The largest absolute Gasteiger partial charge is 0.462 e. The first kappa shape index (κ1) is 13.6. The summed E-state index contributed by atoms with van der Waals surface area (Å²) in [5.41, 5.74) is -0.317. The molecule has 0 aromatic heterocycles. The standard InChI is InChI=1S/C17H24O4/c1-9-10-8-11-13(15(18)20-14(9)11)12(10)16(19)21-17(2)6-4-3-5-7-17/h9-14H,3-8H2,1-2H3/t9-,10?,11?,12?,13?,14?/m1/s1. The highest BCUT2D eigenvalue weighted by atomic mass is 16.6. The van der Waals surface area contributed by atoms with Gasteiger partial charge < -0.3 is 9.47 Å². The highest BCUT2D eigenvalue weighted by Crippen LogP contribution is 2.60. The summed E-state index contributed by atoms with van der Waals surface area (Å²) in [6, 6.07) is 0. The highest BCUT2D eigenvalue weighted by molar-refractivity contribution is 5.86. The Labute approximate surface area is 125 Å². The lowest BCUT2D eigenvalue weighted by molar-refractivity contribution is -0.171. The summed E-state index contributed by atoms with van der Waals surface area (Å²) < 4.78 is 11.4. The van der Waals surface area contributed by atoms with Crippen LogP contribution in [0.3, 0.4) is 0 Å². The molecule has 116 valence electrons. The molecule has 1 saturated heterocycles. The molecule has 0 spiro atoms. The van der Waals surface area contributed by atoms with Crippen LogP contribution >= 0.6 is 0 Å². The van der Waals surface area contributed by atoms with Gasteiger partial charge in [0.2, 0.25) is 0 Å². The maximum Gasteiger partial charge on any atom is 0.310 e. The Morgan fingerprint density at radius 3 is 2.67 bits per heavy atom. The summed E-state index contributed by atoms with van der Waals surface area (Å²) in [4.78, 5) is 24.9. The van der Waals surface area contributed by atoms with Crippen LogP contribution < -0.4 is 0 Å². The van der Waals surface area contributed by atoms with Gasteiger partial charge in [-0.15, -0.1) is 0 Å². The van der Waals surface area contributed by atoms with Gasteiger partial charge in [-0.05, 0) is 50.9 Å². The molecule has 6 atom stereocenters. The molecule has 4 heteroatoms. The van der Waals surface area contributed by atoms with E-state index >= 15 is 0 Å². The third-order valence-corrected chi connectivity index (χ3v) is 6.52. The fourth-order valence-corrected chi connectivity index (χ4v) is 5.42. The molecule has 4 aliphatic rings. The molecular weight excluding hydrogens is 268 g/mol. The van der Waals surface area contributed by atoms with Gasteiger partial charge in [-0.1, -0.05) is 13.3 Å². The van der Waals surface area contributed by atoms with Crippen molar-refractivity contribution in [2.45, 2.75) is 64.1 Å². The second-order valence-electron chi connectivity index (χ2n) is 7.81. The maximum absolute atomic E-state index is 12.8. The van der Waals surface area contributed by atoms with Crippen molar-refractivity contribution >= 4 is 11.9 Å². The first-order valence-electron chi connectivity index (χ1n) is 8.43. The van der Waals surface area contributed by atoms with Gasteiger partial charge in [0, 0.05) is 5.92 Å². The Morgan fingerprint density at radius 1 is 1.24 bits per heavy atom. The fourth-order valence-electron chi connectivity index (χ4n) is 5.42. The van der Waals surface area contributed by atoms with Crippen LogP contribution in [-0.2, 0) is 19.1 Å². The van der Waals surface area contributed by atoms with Crippen LogP contribution in [-0.4, -0.2) is 23.6 Å². The van der Waals surface area contributed by atoms with Crippen molar-refractivity contribution < 1.29 is 19.1 Å². The van der Waals surface area contributed by atoms with Crippen LogP contribution in [0.2, 0.25) is 0 Å². The first-order chi connectivity index (χ1) is 10.0. The van der Waals surface area contributed by atoms with Crippen molar-refractivity contribution in [2.75, 3.05) is 0 Å². The van der Waals surface area contributed by atoms with E-state index in [1.807, 2.05) is 0 Å². The predicted molar refractivity (Wildman–Crippen MR) is 75.2 cm³/mol. The Bertz CT molecular complexity index is 479. The highest BCUT2D eigenvalue weighted by Gasteiger charge is 2.67. The monoisotopic (exact) mass is 292 g/mol. The van der Waals surface area contributed by atoms with Crippen LogP contribution in [0.1, 0.15) is 52.4 Å². The third kappa shape index (κ3) is 1.87. The number of hydrogen-bond donors (Lipinski definition) is 0. The van der Waals surface area contributed by atoms with Gasteiger partial charge in [0.1, 0.15) is 11.7 Å². The number of carbonyl (C=O) groups excluding carboxylic acids is 2. The van der Waals surface area contributed by atoms with E-state index in [1.165, 1.54) is 6.42 Å². The Kier molecular flexibility index (Phi) is 2.89. The number of rotatable bonds is 2. The normalized spacial score (nSPS) is 46.5. The van der Waals surface area contributed by atoms with Crippen LogP contribution in [0.5, 0.6) is 0 Å². The summed E-state index contributed by atoms with van der Waals surface area (Å²) in [7, 11) is 0. The van der Waals surface area contributed by atoms with Crippen molar-refractivity contribution in [3.05, 3.63) is 0 Å². The van der Waals surface area contributed by atoms with Crippen LogP contribution in [0, 0.1) is 29.6 Å². The van der Waals surface area contributed by atoms with E-state index in [0.29, 0.717) is 5.92 Å². The summed E-state index contributed by atoms with van der Waals surface area (Å²) in [6.45, 7) is 4.17. The van der Waals surface area contributed by atoms with Gasteiger partial charge in [-0.25, -0.2) is 0 Å². The maximum atomic E-state index is 12.8. The molecule has 0 aromatic carbocycles. The van der Waals surface area contributed by atoms with Gasteiger partial charge in [-0.2, -0.15) is 0 Å². The third-order valence-electron chi connectivity index (χ3n) is 6.52. The van der Waals surface area contributed by atoms with Crippen molar-refractivity contribution in [3.8, 4) is 0 Å². The molecule has 0 N–H and O–H groups in total. The van der Waals surface area contributed by atoms with Crippen LogP contribution in [0.15, 0.2) is 0 Å². The molecular formula is C17H24O4. The summed E-state index contributed by atoms with van der Waals surface area (Å²) in [5, 5.41) is 0. The van der Waals surface area contributed by atoms with Gasteiger partial charge in [0.25, 0.3) is 0 Å². The number of hydrogen-bond acceptors (Lipinski definition) is 4. The summed E-state index contributed by atoms with van der Waals surface area (Å²) in [5.74, 6) is 0.0549. The van der Waals surface area contributed by atoms with Crippen molar-refractivity contribution in [2.24, 2.45) is 29.6 Å². The molecule has 4 rings (SSSR count). The lowest BCUT2D eigenvalue weighted by atomic mass is 9.75. The second kappa shape index (κ2) is 4.47. The minimum Gasteiger partial charge on any atom is -0.462 e. The molecule has 5 unspecified atom stereocenters. The lowest BCUT2D eigenvalue weighted by Gasteiger charge is -2.36. The topological polar surface area (TPSA) is 52.6 Å². The van der Waals surface area contributed by atoms with Crippen LogP contribution in [0.25, 0.3) is 0 Å². The molecule has 3 aliphatic carbocycles. The molecule has 3 saturated carbocycles. The summed E-state index contributed by atoms with van der Waals surface area (Å²) in [6.07, 6.45) is 6.41. The zero-order chi connectivity index (χ0) is 14.8. The van der Waals surface area contributed by atoms with Gasteiger partial charge >= 0.3 is 11.9 Å². The Hall–Kier alpha value is -1.06. The average Bonchev–Trinajstić information content (AvgIpc) is 3.03. The Balaban J connectivity index is 1.53. The molecule has 2 bridgehead atoms. The zero-order valence-electron chi connectivity index (χ0n) is 12.8. The number of esters is 2. The van der Waals surface area contributed by atoms with Crippen molar-refractivity contribution in [3.63, 3.8) is 0 Å². The molecule has 0 aromatic rings. The molecule has 21 heavy (non-hydrogen) atoms. The fraction of sp³-hybridized carbons (Fsp3) is 0.882. The minimum atomic E-state index is -0.317. The van der Waals surface area contributed by atoms with Gasteiger partial charge in [0.15, 0.2) is 0 Å². The molecule has 4 fully saturated rings. The van der Waals surface area contributed by atoms with Crippen molar-refractivity contribution in [1.82, 2.24) is 0 Å². The quantitative estimate of drug-likeness (QED) is 0.734. The molecule has 0 radical (unpaired) electrons. The SMILES string of the molecule is C[C@@H]1C2CC3C(C(=O)OC31)C2C(=O)OC1(C)CCCCC1. The van der Waals surface area contributed by atoms with Gasteiger partial charge in [0.05, 0.1) is 11.8 Å². The van der Waals surface area contributed by atoms with E-state index in [1.54, 1.807) is 0 Å². The first-order valence-corrected chi connectivity index (χ1v) is 8.43. The molecule has 0 amide bonds. The molecule has 4 nitrogen and oxygen atoms in total. The molecule has 1 heterocycles. The Morgan fingerprint density at radius 2 is 1.95 bits per heavy atom. The number of carbonyl (C=O) groups is 2. The lowest BCUT2D eigenvalue weighted by Crippen LogP contribution is -2.42. The van der Waals surface area contributed by atoms with Gasteiger partial charge in [-0.3, -0.25) is 9.59 Å². The predicted octanol–water partition coefficient (Wildman–Crippen LogP) is 2.70. The molecule has 1 aliphatic heterocycles. The second-order valence-corrected chi connectivity index (χ2v) is 7.81. The van der Waals surface area contributed by atoms with E-state index < -0.39 is 0 Å². The van der Waals surface area contributed by atoms with E-state index in [9.17, 15) is 9.59 Å². The van der Waals surface area contributed by atoms with E-state index in [-0.39, 0.29) is 47.3 Å². The smallest absolute Gasteiger partial charge is 0.310 e. The zero-order valence-corrected chi connectivity index (χ0v) is 12.8. The van der Waals surface area contributed by atoms with Crippen LogP contribution in [0.4, 0.5) is 0 Å². The van der Waals surface area contributed by atoms with Crippen molar-refractivity contribution in [1.29, 1.82) is 0 Å².